The number of nitrogen functional groups attached to an aromatic ring is 1. The van der Waals surface area contributed by atoms with Gasteiger partial charge < -0.3 is 10.7 Å². The van der Waals surface area contributed by atoms with E-state index in [0.29, 0.717) is 17.6 Å². The lowest BCUT2D eigenvalue weighted by molar-refractivity contribution is -0.384. The molecule has 19 heavy (non-hydrogen) atoms. The summed E-state index contributed by atoms with van der Waals surface area (Å²) in [5.74, 6) is 6.68. The van der Waals surface area contributed by atoms with E-state index in [-0.39, 0.29) is 5.69 Å². The Balaban J connectivity index is 2.02. The zero-order valence-corrected chi connectivity index (χ0v) is 10.8. The van der Waals surface area contributed by atoms with Crippen LogP contribution in [0.3, 0.4) is 0 Å². The molecule has 0 unspecified atom stereocenters. The van der Waals surface area contributed by atoms with Crippen molar-refractivity contribution >= 4 is 17.3 Å². The molecule has 7 heteroatoms. The van der Waals surface area contributed by atoms with Gasteiger partial charge in [-0.2, -0.15) is 0 Å². The Morgan fingerprint density at radius 2 is 2.00 bits per heavy atom. The summed E-state index contributed by atoms with van der Waals surface area (Å²) in [6, 6.07) is 2.75. The predicted molar refractivity (Wildman–Crippen MR) is 73.8 cm³/mol. The first kappa shape index (κ1) is 13.5. The van der Waals surface area contributed by atoms with Gasteiger partial charge in [0.15, 0.2) is 0 Å². The number of hydrogen-bond acceptors (Lipinski definition) is 6. The highest BCUT2D eigenvalue weighted by atomic mass is 16.6. The smallest absolute Gasteiger partial charge is 0.276 e. The van der Waals surface area contributed by atoms with Crippen LogP contribution in [0.1, 0.15) is 32.1 Å². The van der Waals surface area contributed by atoms with E-state index in [9.17, 15) is 10.1 Å². The second-order valence-corrected chi connectivity index (χ2v) is 4.88. The molecule has 7 nitrogen and oxygen atoms in total. The summed E-state index contributed by atoms with van der Waals surface area (Å²) in [7, 11) is 0. The molecule has 0 atom stereocenters. The lowest BCUT2D eigenvalue weighted by atomic mass is 9.89. The largest absolute Gasteiger partial charge is 0.370 e. The van der Waals surface area contributed by atoms with Gasteiger partial charge in [0, 0.05) is 6.54 Å². The first-order valence-corrected chi connectivity index (χ1v) is 6.56. The van der Waals surface area contributed by atoms with Crippen molar-refractivity contribution in [3.8, 4) is 0 Å². The third-order valence-electron chi connectivity index (χ3n) is 3.47. The maximum Gasteiger partial charge on any atom is 0.276 e. The summed E-state index contributed by atoms with van der Waals surface area (Å²) < 4.78 is 0. The third kappa shape index (κ3) is 3.78. The van der Waals surface area contributed by atoms with Crippen molar-refractivity contribution in [3.05, 3.63) is 22.2 Å². The number of aromatic nitrogens is 1. The lowest BCUT2D eigenvalue weighted by Gasteiger charge is -2.22. The molecular formula is C12H19N5O2. The van der Waals surface area contributed by atoms with Gasteiger partial charge in [0.25, 0.3) is 5.69 Å². The van der Waals surface area contributed by atoms with Crippen LogP contribution < -0.4 is 16.6 Å². The molecule has 0 amide bonds. The third-order valence-corrected chi connectivity index (χ3v) is 3.47. The molecule has 0 aliphatic heterocycles. The molecule has 1 heterocycles. The highest BCUT2D eigenvalue weighted by Crippen LogP contribution is 2.25. The van der Waals surface area contributed by atoms with Gasteiger partial charge in [-0.1, -0.05) is 19.3 Å². The van der Waals surface area contributed by atoms with Crippen LogP contribution in [0, 0.1) is 16.0 Å². The maximum absolute atomic E-state index is 10.8. The zero-order valence-electron chi connectivity index (χ0n) is 10.8. The lowest BCUT2D eigenvalue weighted by Crippen LogP contribution is -2.18. The van der Waals surface area contributed by atoms with Gasteiger partial charge >= 0.3 is 0 Å². The Kier molecular flexibility index (Phi) is 4.51. The predicted octanol–water partition coefficient (Wildman–Crippen LogP) is 2.27. The first-order valence-electron chi connectivity index (χ1n) is 6.56. The van der Waals surface area contributed by atoms with Crippen LogP contribution >= 0.6 is 0 Å². The molecule has 2 rings (SSSR count). The van der Waals surface area contributed by atoms with Crippen molar-refractivity contribution < 1.29 is 4.92 Å². The van der Waals surface area contributed by atoms with Gasteiger partial charge in [0.1, 0.15) is 11.6 Å². The monoisotopic (exact) mass is 265 g/mol. The number of nitro groups is 1. The normalized spacial score (nSPS) is 16.1. The van der Waals surface area contributed by atoms with Gasteiger partial charge in [0.05, 0.1) is 17.1 Å². The second-order valence-electron chi connectivity index (χ2n) is 4.88. The average molecular weight is 265 g/mol. The summed E-state index contributed by atoms with van der Waals surface area (Å²) in [5.41, 5.74) is 2.33. The van der Waals surface area contributed by atoms with Crippen LogP contribution in [-0.2, 0) is 0 Å². The van der Waals surface area contributed by atoms with E-state index in [0.717, 1.165) is 6.54 Å². The Morgan fingerprint density at radius 3 is 2.63 bits per heavy atom. The fourth-order valence-electron chi connectivity index (χ4n) is 2.43. The zero-order chi connectivity index (χ0) is 13.7. The molecule has 1 saturated carbocycles. The van der Waals surface area contributed by atoms with Crippen molar-refractivity contribution in [1.29, 1.82) is 0 Å². The van der Waals surface area contributed by atoms with Crippen molar-refractivity contribution in [2.45, 2.75) is 32.1 Å². The first-order chi connectivity index (χ1) is 9.19. The van der Waals surface area contributed by atoms with Crippen molar-refractivity contribution in [1.82, 2.24) is 4.98 Å². The minimum absolute atomic E-state index is 0.0194. The fraction of sp³-hybridized carbons (Fsp3) is 0.583. The van der Waals surface area contributed by atoms with E-state index in [1.807, 2.05) is 0 Å². The van der Waals surface area contributed by atoms with Gasteiger partial charge in [0.2, 0.25) is 0 Å². The highest BCUT2D eigenvalue weighted by Gasteiger charge is 2.15. The molecule has 1 aromatic heterocycles. The molecule has 104 valence electrons. The van der Waals surface area contributed by atoms with Crippen molar-refractivity contribution in [2.75, 3.05) is 17.3 Å². The molecule has 1 fully saturated rings. The maximum atomic E-state index is 10.8. The van der Waals surface area contributed by atoms with E-state index >= 15 is 0 Å². The van der Waals surface area contributed by atoms with Crippen molar-refractivity contribution in [2.24, 2.45) is 11.8 Å². The molecule has 0 spiro atoms. The Bertz CT molecular complexity index is 446. The Labute approximate surface area is 111 Å². The van der Waals surface area contributed by atoms with Gasteiger partial charge in [-0.15, -0.1) is 0 Å². The van der Waals surface area contributed by atoms with E-state index in [2.05, 4.69) is 15.7 Å². The number of pyridine rings is 1. The minimum atomic E-state index is -0.450. The van der Waals surface area contributed by atoms with Crippen LogP contribution in [0.2, 0.25) is 0 Å². The summed E-state index contributed by atoms with van der Waals surface area (Å²) in [6.07, 6.45) is 6.27. The van der Waals surface area contributed by atoms with Gasteiger partial charge in [-0.05, 0) is 18.8 Å². The average Bonchev–Trinajstić information content (AvgIpc) is 2.45. The van der Waals surface area contributed by atoms with E-state index in [4.69, 9.17) is 5.84 Å². The Morgan fingerprint density at radius 1 is 1.32 bits per heavy atom. The quantitative estimate of drug-likeness (QED) is 0.428. The van der Waals surface area contributed by atoms with E-state index in [1.54, 1.807) is 0 Å². The van der Waals surface area contributed by atoms with Crippen molar-refractivity contribution in [3.63, 3.8) is 0 Å². The molecular weight excluding hydrogens is 246 g/mol. The second kappa shape index (κ2) is 6.33. The van der Waals surface area contributed by atoms with Gasteiger partial charge in [-0.3, -0.25) is 10.1 Å². The van der Waals surface area contributed by atoms with Crippen LogP contribution in [0.5, 0.6) is 0 Å². The summed E-state index contributed by atoms with van der Waals surface area (Å²) in [5, 5.41) is 14.0. The number of nitrogens with zero attached hydrogens (tertiary/aromatic N) is 2. The summed E-state index contributed by atoms with van der Waals surface area (Å²) >= 11 is 0. The highest BCUT2D eigenvalue weighted by molar-refractivity contribution is 5.54. The van der Waals surface area contributed by atoms with Gasteiger partial charge in [-0.25, -0.2) is 10.8 Å². The number of rotatable bonds is 5. The van der Waals surface area contributed by atoms with Crippen LogP contribution in [-0.4, -0.2) is 16.5 Å². The molecule has 0 radical (unpaired) electrons. The topological polar surface area (TPSA) is 106 Å². The molecule has 0 bridgehead atoms. The SMILES string of the molecule is NNc1cc([N+](=O)[O-])cc(NCC2CCCCC2)n1. The van der Waals surface area contributed by atoms with E-state index < -0.39 is 4.92 Å². The number of anilines is 2. The number of nitrogens with one attached hydrogen (secondary N) is 2. The molecule has 1 aliphatic carbocycles. The van der Waals surface area contributed by atoms with Crippen LogP contribution in [0.25, 0.3) is 0 Å². The molecule has 0 aromatic carbocycles. The molecule has 4 N–H and O–H groups in total. The standard InChI is InChI=1S/C12H19N5O2/c13-16-12-7-10(17(18)19)6-11(15-12)14-8-9-4-2-1-3-5-9/h6-7,9H,1-5,8,13H2,(H2,14,15,16). The number of hydrazine groups is 1. The number of hydrogen-bond donors (Lipinski definition) is 3. The Hall–Kier alpha value is -1.89. The molecule has 0 saturated heterocycles. The van der Waals surface area contributed by atoms with Crippen LogP contribution in [0.15, 0.2) is 12.1 Å². The molecule has 1 aliphatic rings. The minimum Gasteiger partial charge on any atom is -0.370 e. The van der Waals surface area contributed by atoms with Crippen LogP contribution in [0.4, 0.5) is 17.3 Å². The summed E-state index contributed by atoms with van der Waals surface area (Å²) in [4.78, 5) is 14.5. The molecule has 1 aromatic rings. The number of nitrogens with two attached hydrogens (primary N) is 1. The van der Waals surface area contributed by atoms with E-state index in [1.165, 1.54) is 44.2 Å². The summed E-state index contributed by atoms with van der Waals surface area (Å²) in [6.45, 7) is 0.804. The fourth-order valence-corrected chi connectivity index (χ4v) is 2.43.